The van der Waals surface area contributed by atoms with E-state index in [2.05, 4.69) is 22.6 Å². The first-order valence-corrected chi connectivity index (χ1v) is 9.63. The second kappa shape index (κ2) is 7.67. The zero-order valence-electron chi connectivity index (χ0n) is 12.6. The van der Waals surface area contributed by atoms with E-state index in [-0.39, 0.29) is 11.7 Å². The van der Waals surface area contributed by atoms with Gasteiger partial charge in [-0.25, -0.2) is 0 Å². The quantitative estimate of drug-likeness (QED) is 0.410. The van der Waals surface area contributed by atoms with Crippen molar-refractivity contribution in [3.8, 4) is 5.75 Å². The first-order valence-electron chi connectivity index (χ1n) is 7.32. The van der Waals surface area contributed by atoms with Gasteiger partial charge in [-0.15, -0.1) is 0 Å². The molecule has 3 rings (SSSR count). The Morgan fingerprint density at radius 1 is 1.21 bits per heavy atom. The number of thioether (sulfide) groups is 1. The Labute approximate surface area is 163 Å². The number of rotatable bonds is 4. The van der Waals surface area contributed by atoms with Gasteiger partial charge >= 0.3 is 0 Å². The summed E-state index contributed by atoms with van der Waals surface area (Å²) in [5, 5.41) is 9.59. The molecular formula is C18H14INO2S2. The number of aromatic hydroxyl groups is 1. The third-order valence-corrected chi connectivity index (χ3v) is 5.85. The van der Waals surface area contributed by atoms with E-state index in [0.29, 0.717) is 15.8 Å². The SMILES string of the molecule is O=C1/C(=C/c2ccc(O)c(I)c2)SC(=S)N1CCc1ccccc1. The highest BCUT2D eigenvalue weighted by molar-refractivity contribution is 14.1. The summed E-state index contributed by atoms with van der Waals surface area (Å²) in [5.41, 5.74) is 2.06. The van der Waals surface area contributed by atoms with Gasteiger partial charge in [0, 0.05) is 6.54 Å². The molecule has 1 saturated heterocycles. The first-order chi connectivity index (χ1) is 11.5. The summed E-state index contributed by atoms with van der Waals surface area (Å²) in [7, 11) is 0. The van der Waals surface area contributed by atoms with Gasteiger partial charge in [0.2, 0.25) is 0 Å². The van der Waals surface area contributed by atoms with Crippen LogP contribution >= 0.6 is 46.6 Å². The van der Waals surface area contributed by atoms with Crippen LogP contribution in [-0.4, -0.2) is 26.8 Å². The van der Waals surface area contributed by atoms with Crippen molar-refractivity contribution in [1.82, 2.24) is 4.90 Å². The van der Waals surface area contributed by atoms with Gasteiger partial charge < -0.3 is 5.11 Å². The Morgan fingerprint density at radius 3 is 2.67 bits per heavy atom. The topological polar surface area (TPSA) is 40.5 Å². The lowest BCUT2D eigenvalue weighted by molar-refractivity contribution is -0.122. The Bertz CT molecular complexity index is 821. The number of benzene rings is 2. The lowest BCUT2D eigenvalue weighted by Gasteiger charge is -2.14. The molecule has 0 bridgehead atoms. The fraction of sp³-hybridized carbons (Fsp3) is 0.111. The maximum Gasteiger partial charge on any atom is 0.266 e. The largest absolute Gasteiger partial charge is 0.507 e. The average molecular weight is 467 g/mol. The first kappa shape index (κ1) is 17.4. The predicted molar refractivity (Wildman–Crippen MR) is 111 cm³/mol. The van der Waals surface area contributed by atoms with Gasteiger partial charge in [0.15, 0.2) is 0 Å². The lowest BCUT2D eigenvalue weighted by atomic mass is 10.1. The minimum Gasteiger partial charge on any atom is -0.507 e. The monoisotopic (exact) mass is 467 g/mol. The highest BCUT2D eigenvalue weighted by Crippen LogP contribution is 2.33. The number of phenolic OH excluding ortho intramolecular Hbond substituents is 1. The number of thiocarbonyl (C=S) groups is 1. The van der Waals surface area contributed by atoms with Crippen molar-refractivity contribution >= 4 is 62.9 Å². The normalized spacial score (nSPS) is 16.2. The summed E-state index contributed by atoms with van der Waals surface area (Å²) in [6, 6.07) is 15.3. The van der Waals surface area contributed by atoms with E-state index in [1.807, 2.05) is 42.5 Å². The zero-order chi connectivity index (χ0) is 17.1. The molecule has 1 N–H and O–H groups in total. The summed E-state index contributed by atoms with van der Waals surface area (Å²) >= 11 is 8.75. The van der Waals surface area contributed by atoms with Crippen molar-refractivity contribution in [2.75, 3.05) is 6.54 Å². The van der Waals surface area contributed by atoms with Crippen LogP contribution in [-0.2, 0) is 11.2 Å². The fourth-order valence-corrected chi connectivity index (χ4v) is 4.19. The number of halogens is 1. The van der Waals surface area contributed by atoms with E-state index in [9.17, 15) is 9.90 Å². The number of hydrogen-bond donors (Lipinski definition) is 1. The molecule has 122 valence electrons. The second-order valence-corrected chi connectivity index (χ2v) is 8.12. The summed E-state index contributed by atoms with van der Waals surface area (Å²) < 4.78 is 1.34. The number of nitrogens with zero attached hydrogens (tertiary/aromatic N) is 1. The van der Waals surface area contributed by atoms with Crippen molar-refractivity contribution in [2.45, 2.75) is 6.42 Å². The zero-order valence-corrected chi connectivity index (χ0v) is 16.4. The minimum absolute atomic E-state index is 0.0518. The molecule has 0 aromatic heterocycles. The van der Waals surface area contributed by atoms with E-state index in [0.717, 1.165) is 15.6 Å². The smallest absolute Gasteiger partial charge is 0.266 e. The summed E-state index contributed by atoms with van der Waals surface area (Å²) in [5.74, 6) is 0.187. The minimum atomic E-state index is -0.0518. The molecule has 1 heterocycles. The van der Waals surface area contributed by atoms with Crippen molar-refractivity contribution in [1.29, 1.82) is 0 Å². The number of carbonyl (C=O) groups excluding carboxylic acids is 1. The van der Waals surface area contributed by atoms with Crippen LogP contribution in [0.2, 0.25) is 0 Å². The van der Waals surface area contributed by atoms with Gasteiger partial charge in [0.1, 0.15) is 10.1 Å². The molecule has 0 aliphatic carbocycles. The van der Waals surface area contributed by atoms with Gasteiger partial charge in [-0.1, -0.05) is 60.4 Å². The Morgan fingerprint density at radius 2 is 1.96 bits per heavy atom. The van der Waals surface area contributed by atoms with E-state index < -0.39 is 0 Å². The summed E-state index contributed by atoms with van der Waals surface area (Å²) in [6.45, 7) is 0.582. The second-order valence-electron chi connectivity index (χ2n) is 5.28. The maximum atomic E-state index is 12.6. The maximum absolute atomic E-state index is 12.6. The number of phenols is 1. The fourth-order valence-electron chi connectivity index (χ4n) is 2.34. The van der Waals surface area contributed by atoms with Gasteiger partial charge in [-0.05, 0) is 58.3 Å². The molecule has 2 aromatic rings. The van der Waals surface area contributed by atoms with E-state index in [1.165, 1.54) is 17.3 Å². The van der Waals surface area contributed by atoms with Crippen LogP contribution in [0.15, 0.2) is 53.4 Å². The molecule has 3 nitrogen and oxygen atoms in total. The molecule has 0 saturated carbocycles. The third kappa shape index (κ3) is 3.99. The highest BCUT2D eigenvalue weighted by Gasteiger charge is 2.31. The Balaban J connectivity index is 1.73. The molecular weight excluding hydrogens is 453 g/mol. The molecule has 1 aliphatic heterocycles. The molecule has 1 fully saturated rings. The van der Waals surface area contributed by atoms with Crippen LogP contribution in [0.3, 0.4) is 0 Å². The average Bonchev–Trinajstić information content (AvgIpc) is 2.84. The van der Waals surface area contributed by atoms with Gasteiger partial charge in [-0.2, -0.15) is 0 Å². The summed E-state index contributed by atoms with van der Waals surface area (Å²) in [6.07, 6.45) is 2.60. The van der Waals surface area contributed by atoms with Crippen LogP contribution in [0.1, 0.15) is 11.1 Å². The Hall–Kier alpha value is -1.38. The van der Waals surface area contributed by atoms with Crippen LogP contribution < -0.4 is 0 Å². The van der Waals surface area contributed by atoms with Crippen LogP contribution in [0, 0.1) is 3.57 Å². The molecule has 24 heavy (non-hydrogen) atoms. The van der Waals surface area contributed by atoms with Crippen LogP contribution in [0.4, 0.5) is 0 Å². The number of hydrogen-bond acceptors (Lipinski definition) is 4. The van der Waals surface area contributed by atoms with Crippen molar-refractivity contribution in [2.24, 2.45) is 0 Å². The Kier molecular flexibility index (Phi) is 5.57. The van der Waals surface area contributed by atoms with E-state index in [4.69, 9.17) is 12.2 Å². The number of amides is 1. The van der Waals surface area contributed by atoms with Crippen LogP contribution in [0.25, 0.3) is 6.08 Å². The molecule has 1 amide bonds. The van der Waals surface area contributed by atoms with Gasteiger partial charge in [-0.3, -0.25) is 9.69 Å². The van der Waals surface area contributed by atoms with Crippen LogP contribution in [0.5, 0.6) is 5.75 Å². The van der Waals surface area contributed by atoms with Crippen molar-refractivity contribution in [3.63, 3.8) is 0 Å². The summed E-state index contributed by atoms with van der Waals surface area (Å²) in [4.78, 5) is 14.9. The molecule has 1 aliphatic rings. The standard InChI is InChI=1S/C18H14INO2S2/c19-14-10-13(6-7-15(14)21)11-16-17(22)20(18(23)24-16)9-8-12-4-2-1-3-5-12/h1-7,10-11,21H,8-9H2/b16-11-. The van der Waals surface area contributed by atoms with E-state index >= 15 is 0 Å². The predicted octanol–water partition coefficient (Wildman–Crippen LogP) is 4.44. The van der Waals surface area contributed by atoms with Crippen molar-refractivity contribution < 1.29 is 9.90 Å². The molecule has 0 atom stereocenters. The molecule has 2 aromatic carbocycles. The lowest BCUT2D eigenvalue weighted by Crippen LogP contribution is -2.30. The number of carbonyl (C=O) groups is 1. The van der Waals surface area contributed by atoms with Gasteiger partial charge in [0.25, 0.3) is 5.91 Å². The molecule has 0 unspecified atom stereocenters. The van der Waals surface area contributed by atoms with E-state index in [1.54, 1.807) is 17.0 Å². The third-order valence-electron chi connectivity index (χ3n) is 3.61. The van der Waals surface area contributed by atoms with Gasteiger partial charge in [0.05, 0.1) is 8.48 Å². The molecule has 6 heteroatoms. The molecule has 0 spiro atoms. The highest BCUT2D eigenvalue weighted by atomic mass is 127. The van der Waals surface area contributed by atoms with Crippen molar-refractivity contribution in [3.05, 3.63) is 68.1 Å². The molecule has 0 radical (unpaired) electrons.